The Kier molecular flexibility index (Phi) is 7.21. The quantitative estimate of drug-likeness (QED) is 0.525. The van der Waals surface area contributed by atoms with E-state index in [-0.39, 0.29) is 5.92 Å². The largest absolute Gasteiger partial charge is 0.497 e. The van der Waals surface area contributed by atoms with E-state index in [0.717, 1.165) is 80.7 Å². The van der Waals surface area contributed by atoms with Gasteiger partial charge in [0.1, 0.15) is 11.5 Å². The molecule has 2 fully saturated rings. The molecule has 1 aromatic heterocycles. The lowest BCUT2D eigenvalue weighted by Crippen LogP contribution is -2.51. The van der Waals surface area contributed by atoms with E-state index in [1.807, 2.05) is 53.4 Å². The number of piperidine rings is 1. The van der Waals surface area contributed by atoms with Crippen molar-refractivity contribution in [3.8, 4) is 22.8 Å². The molecule has 188 valence electrons. The minimum Gasteiger partial charge on any atom is -0.497 e. The van der Waals surface area contributed by atoms with Crippen molar-refractivity contribution < 1.29 is 14.3 Å². The van der Waals surface area contributed by atoms with E-state index in [4.69, 9.17) is 9.47 Å². The maximum absolute atomic E-state index is 13.2. The van der Waals surface area contributed by atoms with Gasteiger partial charge in [0.05, 0.1) is 19.9 Å². The first kappa shape index (κ1) is 23.9. The van der Waals surface area contributed by atoms with E-state index < -0.39 is 0 Å². The number of amides is 1. The molecule has 2 aliphatic rings. The molecular formula is C28H33N5O3. The Labute approximate surface area is 212 Å². The van der Waals surface area contributed by atoms with E-state index in [0.29, 0.717) is 5.91 Å². The zero-order valence-electron chi connectivity index (χ0n) is 21.0. The topological polar surface area (TPSA) is 71.0 Å². The third-order valence-corrected chi connectivity index (χ3v) is 7.23. The van der Waals surface area contributed by atoms with Crippen molar-refractivity contribution in [3.63, 3.8) is 0 Å². The van der Waals surface area contributed by atoms with Crippen LogP contribution in [0.1, 0.15) is 12.8 Å². The van der Waals surface area contributed by atoms with Crippen molar-refractivity contribution in [3.05, 3.63) is 60.7 Å². The van der Waals surface area contributed by atoms with Crippen LogP contribution in [-0.4, -0.2) is 74.5 Å². The Morgan fingerprint density at radius 3 is 2.14 bits per heavy atom. The normalized spacial score (nSPS) is 16.7. The van der Waals surface area contributed by atoms with E-state index in [9.17, 15) is 4.79 Å². The van der Waals surface area contributed by atoms with Crippen LogP contribution < -0.4 is 19.3 Å². The van der Waals surface area contributed by atoms with Gasteiger partial charge in [-0.25, -0.2) is 0 Å². The number of rotatable bonds is 6. The Morgan fingerprint density at radius 2 is 1.50 bits per heavy atom. The lowest BCUT2D eigenvalue weighted by molar-refractivity contribution is -0.136. The van der Waals surface area contributed by atoms with Crippen LogP contribution in [0.2, 0.25) is 0 Å². The summed E-state index contributed by atoms with van der Waals surface area (Å²) in [7, 11) is 3.34. The van der Waals surface area contributed by atoms with Crippen molar-refractivity contribution in [1.82, 2.24) is 15.1 Å². The van der Waals surface area contributed by atoms with Crippen LogP contribution in [0.3, 0.4) is 0 Å². The van der Waals surface area contributed by atoms with E-state index in [1.54, 1.807) is 14.2 Å². The minimum atomic E-state index is 0.0783. The maximum Gasteiger partial charge on any atom is 0.225 e. The fourth-order valence-electron chi connectivity index (χ4n) is 5.09. The number of hydrogen-bond acceptors (Lipinski definition) is 7. The number of carbonyl (C=O) groups excluding carboxylic acids is 1. The van der Waals surface area contributed by atoms with Crippen LogP contribution in [-0.2, 0) is 4.79 Å². The van der Waals surface area contributed by atoms with E-state index in [1.165, 1.54) is 5.69 Å². The van der Waals surface area contributed by atoms with Crippen LogP contribution in [0.4, 0.5) is 11.5 Å². The number of carbonyl (C=O) groups is 1. The van der Waals surface area contributed by atoms with Crippen molar-refractivity contribution >= 4 is 17.4 Å². The Balaban J connectivity index is 1.12. The fourth-order valence-corrected chi connectivity index (χ4v) is 5.09. The SMILES string of the molecule is COc1ccc(N2CCN(C(=O)C3CCN(c4ccc(-c5ccccc5OC)nn4)CC3)CC2)cc1. The molecular weight excluding hydrogens is 454 g/mol. The summed E-state index contributed by atoms with van der Waals surface area (Å²) in [5.74, 6) is 2.87. The summed E-state index contributed by atoms with van der Waals surface area (Å²) in [6.07, 6.45) is 1.68. The first-order valence-electron chi connectivity index (χ1n) is 12.6. The average molecular weight is 488 g/mol. The molecule has 5 rings (SSSR count). The highest BCUT2D eigenvalue weighted by Gasteiger charge is 2.31. The molecule has 0 aliphatic carbocycles. The summed E-state index contributed by atoms with van der Waals surface area (Å²) in [6, 6.07) is 19.9. The van der Waals surface area contributed by atoms with Crippen LogP contribution in [0.25, 0.3) is 11.3 Å². The van der Waals surface area contributed by atoms with Crippen molar-refractivity contribution in [2.75, 3.05) is 63.3 Å². The molecule has 2 aromatic carbocycles. The minimum absolute atomic E-state index is 0.0783. The highest BCUT2D eigenvalue weighted by atomic mass is 16.5. The van der Waals surface area contributed by atoms with E-state index in [2.05, 4.69) is 32.1 Å². The van der Waals surface area contributed by atoms with Gasteiger partial charge in [-0.1, -0.05) is 12.1 Å². The predicted octanol–water partition coefficient (Wildman–Crippen LogP) is 3.73. The smallest absolute Gasteiger partial charge is 0.225 e. The molecule has 2 saturated heterocycles. The average Bonchev–Trinajstić information content (AvgIpc) is 2.97. The lowest BCUT2D eigenvalue weighted by atomic mass is 9.95. The second-order valence-corrected chi connectivity index (χ2v) is 9.25. The van der Waals surface area contributed by atoms with Gasteiger partial charge in [-0.3, -0.25) is 4.79 Å². The summed E-state index contributed by atoms with van der Waals surface area (Å²) < 4.78 is 10.7. The molecule has 8 nitrogen and oxygen atoms in total. The first-order chi connectivity index (χ1) is 17.7. The summed E-state index contributed by atoms with van der Waals surface area (Å²) in [6.45, 7) is 4.85. The van der Waals surface area contributed by atoms with Gasteiger partial charge in [-0.15, -0.1) is 10.2 Å². The lowest BCUT2D eigenvalue weighted by Gasteiger charge is -2.39. The van der Waals surface area contributed by atoms with Crippen molar-refractivity contribution in [2.45, 2.75) is 12.8 Å². The molecule has 0 radical (unpaired) electrons. The summed E-state index contributed by atoms with van der Waals surface area (Å²) in [5, 5.41) is 8.92. The predicted molar refractivity (Wildman–Crippen MR) is 141 cm³/mol. The molecule has 0 saturated carbocycles. The Morgan fingerprint density at radius 1 is 0.778 bits per heavy atom. The number of anilines is 2. The van der Waals surface area contributed by atoms with Gasteiger partial charge in [0.2, 0.25) is 5.91 Å². The number of aromatic nitrogens is 2. The summed E-state index contributed by atoms with van der Waals surface area (Å²) in [5.41, 5.74) is 2.89. The van der Waals surface area contributed by atoms with Crippen LogP contribution in [0, 0.1) is 5.92 Å². The van der Waals surface area contributed by atoms with Crippen molar-refractivity contribution in [1.29, 1.82) is 0 Å². The molecule has 0 spiro atoms. The number of piperazine rings is 1. The van der Waals surface area contributed by atoms with Gasteiger partial charge in [0.15, 0.2) is 5.82 Å². The summed E-state index contributed by atoms with van der Waals surface area (Å²) >= 11 is 0. The maximum atomic E-state index is 13.2. The Bertz CT molecular complexity index is 1150. The van der Waals surface area contributed by atoms with Crippen molar-refractivity contribution in [2.24, 2.45) is 5.92 Å². The number of nitrogens with zero attached hydrogens (tertiary/aromatic N) is 5. The molecule has 3 heterocycles. The molecule has 0 unspecified atom stereocenters. The third kappa shape index (κ3) is 5.08. The zero-order valence-corrected chi connectivity index (χ0v) is 21.0. The molecule has 2 aliphatic heterocycles. The second-order valence-electron chi connectivity index (χ2n) is 9.25. The van der Waals surface area contributed by atoms with Crippen LogP contribution in [0.15, 0.2) is 60.7 Å². The number of ether oxygens (including phenoxy) is 2. The standard InChI is InChI=1S/C28H33N5O3/c1-35-23-9-7-22(8-10-23)31-17-19-33(20-18-31)28(34)21-13-15-32(16-14-21)27-12-11-25(29-30-27)24-5-3-4-6-26(24)36-2/h3-12,21H,13-20H2,1-2H3. The Hall–Kier alpha value is -3.81. The number of hydrogen-bond donors (Lipinski definition) is 0. The molecule has 36 heavy (non-hydrogen) atoms. The first-order valence-corrected chi connectivity index (χ1v) is 12.6. The van der Waals surface area contributed by atoms with E-state index >= 15 is 0 Å². The summed E-state index contributed by atoms with van der Waals surface area (Å²) in [4.78, 5) is 19.8. The molecule has 0 atom stereocenters. The monoisotopic (exact) mass is 487 g/mol. The zero-order chi connectivity index (χ0) is 24.9. The van der Waals surface area contributed by atoms with Gasteiger partial charge in [-0.05, 0) is 61.4 Å². The molecule has 0 bridgehead atoms. The highest BCUT2D eigenvalue weighted by molar-refractivity contribution is 5.79. The van der Waals surface area contributed by atoms with Gasteiger partial charge in [0.25, 0.3) is 0 Å². The number of benzene rings is 2. The number of methoxy groups -OCH3 is 2. The number of para-hydroxylation sites is 1. The van der Waals surface area contributed by atoms with Gasteiger partial charge >= 0.3 is 0 Å². The van der Waals surface area contributed by atoms with Gasteiger partial charge < -0.3 is 24.2 Å². The molecule has 0 N–H and O–H groups in total. The second kappa shape index (κ2) is 10.8. The molecule has 1 amide bonds. The van der Waals surface area contributed by atoms with Gasteiger partial charge in [-0.2, -0.15) is 0 Å². The molecule has 8 heteroatoms. The highest BCUT2D eigenvalue weighted by Crippen LogP contribution is 2.29. The van der Waals surface area contributed by atoms with Crippen LogP contribution in [0.5, 0.6) is 11.5 Å². The molecule has 3 aromatic rings. The van der Waals surface area contributed by atoms with Gasteiger partial charge in [0, 0.05) is 56.4 Å². The fraction of sp³-hybridized carbons (Fsp3) is 0.393. The van der Waals surface area contributed by atoms with Crippen LogP contribution >= 0.6 is 0 Å². The third-order valence-electron chi connectivity index (χ3n) is 7.23.